The number of carbonyl (C=O) groups is 3. The highest BCUT2D eigenvalue weighted by Crippen LogP contribution is 2.46. The molecule has 3 heterocycles. The molecule has 2 fully saturated rings. The molecule has 1 aromatic heterocycles. The van der Waals surface area contributed by atoms with Gasteiger partial charge in [0.2, 0.25) is 5.91 Å². The van der Waals surface area contributed by atoms with Crippen LogP contribution in [0.2, 0.25) is 0 Å². The minimum absolute atomic E-state index is 0.113. The van der Waals surface area contributed by atoms with Gasteiger partial charge in [-0.2, -0.15) is 0 Å². The van der Waals surface area contributed by atoms with Crippen LogP contribution in [0.1, 0.15) is 26.9 Å². The number of hydrogen-bond acceptors (Lipinski definition) is 5. The average Bonchev–Trinajstić information content (AvgIpc) is 3.38. The molecule has 1 N–H and O–H groups in total. The Morgan fingerprint density at radius 3 is 2.58 bits per heavy atom. The second-order valence-electron chi connectivity index (χ2n) is 8.05. The summed E-state index contributed by atoms with van der Waals surface area (Å²) < 4.78 is 0. The van der Waals surface area contributed by atoms with E-state index in [9.17, 15) is 14.4 Å². The van der Waals surface area contributed by atoms with Crippen LogP contribution in [0.4, 0.5) is 10.5 Å². The standard InChI is InChI=1S/C25H22N4O3S/c1-28-21(20-15-33-24(29(20)25(28)32)18-10-6-12-26-14-18)23(31)27-19-11-5-9-17(13-19)22(30)16-7-3-2-4-8-16/h2-14,20-21,24H,15H2,1H3,(H,27,31)/t20-,21+,24+/m0/s1. The summed E-state index contributed by atoms with van der Waals surface area (Å²) in [6.45, 7) is 0. The molecular formula is C25H22N4O3S. The molecule has 3 atom stereocenters. The smallest absolute Gasteiger partial charge is 0.322 e. The molecule has 33 heavy (non-hydrogen) atoms. The van der Waals surface area contributed by atoms with Crippen LogP contribution >= 0.6 is 11.8 Å². The topological polar surface area (TPSA) is 82.6 Å². The summed E-state index contributed by atoms with van der Waals surface area (Å²) in [6, 6.07) is 18.6. The predicted molar refractivity (Wildman–Crippen MR) is 127 cm³/mol. The Balaban J connectivity index is 1.34. The molecule has 0 unspecified atom stereocenters. The first kappa shape index (κ1) is 21.2. The molecule has 0 bridgehead atoms. The lowest BCUT2D eigenvalue weighted by molar-refractivity contribution is -0.120. The van der Waals surface area contributed by atoms with E-state index < -0.39 is 6.04 Å². The molecule has 0 spiro atoms. The number of pyridine rings is 1. The summed E-state index contributed by atoms with van der Waals surface area (Å²) in [4.78, 5) is 46.5. The second kappa shape index (κ2) is 8.71. The van der Waals surface area contributed by atoms with Crippen molar-refractivity contribution in [3.05, 3.63) is 95.8 Å². The first-order valence-electron chi connectivity index (χ1n) is 10.6. The number of urea groups is 1. The lowest BCUT2D eigenvalue weighted by Gasteiger charge is -2.22. The van der Waals surface area contributed by atoms with Gasteiger partial charge in [0.25, 0.3) is 0 Å². The summed E-state index contributed by atoms with van der Waals surface area (Å²) in [5, 5.41) is 2.75. The molecule has 0 radical (unpaired) electrons. The van der Waals surface area contributed by atoms with Crippen molar-refractivity contribution in [2.45, 2.75) is 17.5 Å². The van der Waals surface area contributed by atoms with E-state index in [0.29, 0.717) is 22.6 Å². The van der Waals surface area contributed by atoms with Crippen LogP contribution in [-0.4, -0.2) is 57.4 Å². The number of fused-ring (bicyclic) bond motifs is 1. The monoisotopic (exact) mass is 458 g/mol. The van der Waals surface area contributed by atoms with Crippen molar-refractivity contribution in [1.29, 1.82) is 0 Å². The van der Waals surface area contributed by atoms with Crippen molar-refractivity contribution in [1.82, 2.24) is 14.8 Å². The zero-order chi connectivity index (χ0) is 22.9. The van der Waals surface area contributed by atoms with Crippen LogP contribution in [-0.2, 0) is 4.79 Å². The van der Waals surface area contributed by atoms with Crippen LogP contribution in [0.15, 0.2) is 79.1 Å². The Labute approximate surface area is 195 Å². The average molecular weight is 459 g/mol. The van der Waals surface area contributed by atoms with E-state index in [1.165, 1.54) is 4.90 Å². The molecule has 5 rings (SSSR count). The highest BCUT2D eigenvalue weighted by molar-refractivity contribution is 7.99. The summed E-state index contributed by atoms with van der Waals surface area (Å²) in [5.41, 5.74) is 2.54. The van der Waals surface area contributed by atoms with Gasteiger partial charge in [0.15, 0.2) is 5.78 Å². The Kier molecular flexibility index (Phi) is 5.60. The Hall–Kier alpha value is -3.65. The molecule has 0 aliphatic carbocycles. The van der Waals surface area contributed by atoms with E-state index in [2.05, 4.69) is 10.3 Å². The highest BCUT2D eigenvalue weighted by atomic mass is 32.2. The molecular weight excluding hydrogens is 436 g/mol. The fourth-order valence-electron chi connectivity index (χ4n) is 4.41. The van der Waals surface area contributed by atoms with E-state index in [1.807, 2.05) is 30.3 Å². The van der Waals surface area contributed by atoms with Crippen molar-refractivity contribution < 1.29 is 14.4 Å². The van der Waals surface area contributed by atoms with Gasteiger partial charge < -0.3 is 15.1 Å². The Morgan fingerprint density at radius 2 is 1.82 bits per heavy atom. The number of likely N-dealkylation sites (N-methyl/N-ethyl adjacent to an activating group) is 1. The number of nitrogens with zero attached hydrogens (tertiary/aromatic N) is 3. The number of carbonyl (C=O) groups excluding carboxylic acids is 3. The van der Waals surface area contributed by atoms with Gasteiger partial charge in [-0.15, -0.1) is 11.8 Å². The van der Waals surface area contributed by atoms with Gasteiger partial charge in [-0.25, -0.2) is 4.79 Å². The number of benzene rings is 2. The third-order valence-corrected chi connectivity index (χ3v) is 7.35. The third-order valence-electron chi connectivity index (χ3n) is 6.01. The highest BCUT2D eigenvalue weighted by Gasteiger charge is 2.54. The third kappa shape index (κ3) is 3.87. The van der Waals surface area contributed by atoms with Crippen LogP contribution in [0, 0.1) is 0 Å². The number of amides is 3. The molecule has 166 valence electrons. The van der Waals surface area contributed by atoms with Crippen LogP contribution in [0.25, 0.3) is 0 Å². The van der Waals surface area contributed by atoms with Gasteiger partial charge in [-0.05, 0) is 18.2 Å². The number of nitrogens with one attached hydrogen (secondary N) is 1. The van der Waals surface area contributed by atoms with E-state index in [-0.39, 0.29) is 29.1 Å². The quantitative estimate of drug-likeness (QED) is 0.588. The van der Waals surface area contributed by atoms with E-state index in [0.717, 1.165) is 5.56 Å². The fraction of sp³-hybridized carbons (Fsp3) is 0.200. The molecule has 2 saturated heterocycles. The van der Waals surface area contributed by atoms with E-state index >= 15 is 0 Å². The molecule has 2 aliphatic heterocycles. The Morgan fingerprint density at radius 1 is 1.03 bits per heavy atom. The number of hydrogen-bond donors (Lipinski definition) is 1. The number of thioether (sulfide) groups is 1. The zero-order valence-electron chi connectivity index (χ0n) is 17.9. The normalized spacial score (nSPS) is 21.7. The minimum atomic E-state index is -0.625. The lowest BCUT2D eigenvalue weighted by atomic mass is 10.0. The molecule has 2 aromatic carbocycles. The summed E-state index contributed by atoms with van der Waals surface area (Å²) in [6.07, 6.45) is 3.46. The van der Waals surface area contributed by atoms with Crippen molar-refractivity contribution in [2.75, 3.05) is 18.1 Å². The minimum Gasteiger partial charge on any atom is -0.324 e. The lowest BCUT2D eigenvalue weighted by Crippen LogP contribution is -2.45. The summed E-state index contributed by atoms with van der Waals surface area (Å²) in [7, 11) is 1.66. The zero-order valence-corrected chi connectivity index (χ0v) is 18.7. The maximum atomic E-state index is 13.3. The number of ketones is 1. The molecule has 7 nitrogen and oxygen atoms in total. The van der Waals surface area contributed by atoms with E-state index in [1.54, 1.807) is 72.5 Å². The van der Waals surface area contributed by atoms with Gasteiger partial charge in [-0.1, -0.05) is 48.5 Å². The van der Waals surface area contributed by atoms with Gasteiger partial charge in [-0.3, -0.25) is 14.6 Å². The number of aromatic nitrogens is 1. The SMILES string of the molecule is CN1C(=O)N2[C@@H](c3cccnc3)SC[C@H]2[C@@H]1C(=O)Nc1cccc(C(=O)c2ccccc2)c1. The fourth-order valence-corrected chi connectivity index (χ4v) is 5.87. The second-order valence-corrected chi connectivity index (χ2v) is 9.16. The van der Waals surface area contributed by atoms with Gasteiger partial charge in [0, 0.05) is 47.6 Å². The van der Waals surface area contributed by atoms with Crippen LogP contribution in [0.3, 0.4) is 0 Å². The van der Waals surface area contributed by atoms with Crippen molar-refractivity contribution in [2.24, 2.45) is 0 Å². The van der Waals surface area contributed by atoms with Crippen LogP contribution < -0.4 is 5.32 Å². The van der Waals surface area contributed by atoms with Crippen molar-refractivity contribution >= 4 is 35.2 Å². The van der Waals surface area contributed by atoms with Gasteiger partial charge >= 0.3 is 6.03 Å². The molecule has 2 aliphatic rings. The Bertz CT molecular complexity index is 1200. The van der Waals surface area contributed by atoms with Gasteiger partial charge in [0.1, 0.15) is 11.4 Å². The number of anilines is 1. The van der Waals surface area contributed by atoms with Crippen molar-refractivity contribution in [3.63, 3.8) is 0 Å². The summed E-state index contributed by atoms with van der Waals surface area (Å²) in [5.74, 6) is 0.271. The van der Waals surface area contributed by atoms with Crippen molar-refractivity contribution in [3.8, 4) is 0 Å². The van der Waals surface area contributed by atoms with E-state index in [4.69, 9.17) is 0 Å². The largest absolute Gasteiger partial charge is 0.324 e. The predicted octanol–water partition coefficient (Wildman–Crippen LogP) is 3.80. The first-order valence-corrected chi connectivity index (χ1v) is 11.7. The maximum Gasteiger partial charge on any atom is 0.322 e. The molecule has 0 saturated carbocycles. The molecule has 8 heteroatoms. The van der Waals surface area contributed by atoms with Crippen LogP contribution in [0.5, 0.6) is 0 Å². The molecule has 3 aromatic rings. The number of rotatable bonds is 5. The molecule has 3 amide bonds. The maximum absolute atomic E-state index is 13.3. The van der Waals surface area contributed by atoms with Gasteiger partial charge in [0.05, 0.1) is 6.04 Å². The first-order chi connectivity index (χ1) is 16.0. The summed E-state index contributed by atoms with van der Waals surface area (Å²) >= 11 is 1.64.